The molecule has 0 radical (unpaired) electrons. The number of carbonyl (C=O) groups excluding carboxylic acids is 1. The minimum absolute atomic E-state index is 0.000957. The number of sulfone groups is 1. The van der Waals surface area contributed by atoms with Crippen molar-refractivity contribution >= 4 is 26.9 Å². The Morgan fingerprint density at radius 2 is 2.12 bits per heavy atom. The molecular weight excluding hydrogens is 340 g/mol. The number of carbonyl (C=O) groups is 1. The van der Waals surface area contributed by atoms with Gasteiger partial charge in [0.15, 0.2) is 5.65 Å². The van der Waals surface area contributed by atoms with Crippen LogP contribution in [0.15, 0.2) is 12.4 Å². The third-order valence-corrected chi connectivity index (χ3v) is 6.06. The Hall–Kier alpha value is -1.96. The molecule has 1 saturated carbocycles. The van der Waals surface area contributed by atoms with Crippen LogP contribution in [-0.4, -0.2) is 47.3 Å². The fourth-order valence-electron chi connectivity index (χ4n) is 2.92. The highest BCUT2D eigenvalue weighted by Crippen LogP contribution is 2.39. The summed E-state index contributed by atoms with van der Waals surface area (Å²) in [4.78, 5) is 24.6. The van der Waals surface area contributed by atoms with Crippen molar-refractivity contribution in [1.29, 1.82) is 0 Å². The highest BCUT2D eigenvalue weighted by molar-refractivity contribution is 7.90. The maximum atomic E-state index is 12.7. The lowest BCUT2D eigenvalue weighted by atomic mass is 9.87. The number of fused-ring (bicyclic) bond motifs is 1. The van der Waals surface area contributed by atoms with E-state index in [1.54, 1.807) is 12.4 Å². The molecule has 0 aromatic carbocycles. The van der Waals surface area contributed by atoms with Crippen LogP contribution in [0, 0.1) is 5.41 Å². The van der Waals surface area contributed by atoms with Gasteiger partial charge in [0.1, 0.15) is 15.4 Å². The molecule has 8 heteroatoms. The van der Waals surface area contributed by atoms with Gasteiger partial charge in [0, 0.05) is 24.4 Å². The van der Waals surface area contributed by atoms with Gasteiger partial charge in [-0.3, -0.25) is 4.79 Å². The molecule has 2 aromatic rings. The van der Waals surface area contributed by atoms with Gasteiger partial charge in [-0.05, 0) is 25.2 Å². The van der Waals surface area contributed by atoms with Crippen LogP contribution in [0.1, 0.15) is 55.6 Å². The van der Waals surface area contributed by atoms with E-state index in [4.69, 9.17) is 0 Å². The summed E-state index contributed by atoms with van der Waals surface area (Å²) in [6.07, 6.45) is 6.80. The van der Waals surface area contributed by atoms with Crippen LogP contribution in [0.4, 0.5) is 0 Å². The number of nitrogens with zero attached hydrogens (tertiary/aromatic N) is 2. The number of hydrogen-bond acceptors (Lipinski definition) is 5. The van der Waals surface area contributed by atoms with E-state index in [1.807, 2.05) is 20.8 Å². The summed E-state index contributed by atoms with van der Waals surface area (Å²) in [6, 6.07) is -0.320. The Labute approximate surface area is 147 Å². The van der Waals surface area contributed by atoms with Crippen molar-refractivity contribution in [2.75, 3.05) is 12.0 Å². The number of aromatic amines is 1. The summed E-state index contributed by atoms with van der Waals surface area (Å²) in [5.41, 5.74) is 1.92. The highest BCUT2D eigenvalue weighted by atomic mass is 32.2. The molecule has 0 unspecified atom stereocenters. The lowest BCUT2D eigenvalue weighted by Gasteiger charge is -2.31. The lowest BCUT2D eigenvalue weighted by Crippen LogP contribution is -2.46. The van der Waals surface area contributed by atoms with Gasteiger partial charge < -0.3 is 10.3 Å². The van der Waals surface area contributed by atoms with Gasteiger partial charge >= 0.3 is 0 Å². The van der Waals surface area contributed by atoms with Gasteiger partial charge in [-0.15, -0.1) is 0 Å². The third kappa shape index (κ3) is 4.00. The van der Waals surface area contributed by atoms with Crippen molar-refractivity contribution in [2.45, 2.75) is 45.6 Å². The summed E-state index contributed by atoms with van der Waals surface area (Å²) in [6.45, 7) is 5.48. The normalized spacial score (nSPS) is 16.8. The van der Waals surface area contributed by atoms with Crippen LogP contribution >= 0.6 is 0 Å². The van der Waals surface area contributed by atoms with Gasteiger partial charge in [0.05, 0.1) is 23.2 Å². The summed E-state index contributed by atoms with van der Waals surface area (Å²) < 4.78 is 23.2. The molecular formula is C17H24N4O3S. The minimum Gasteiger partial charge on any atom is -0.349 e. The fraction of sp³-hybridized carbons (Fsp3) is 0.588. The molecule has 1 fully saturated rings. The van der Waals surface area contributed by atoms with E-state index in [9.17, 15) is 13.2 Å². The molecule has 1 aliphatic carbocycles. The monoisotopic (exact) mass is 364 g/mol. The second-order valence-electron chi connectivity index (χ2n) is 7.72. The van der Waals surface area contributed by atoms with Crippen LogP contribution in [-0.2, 0) is 9.84 Å². The van der Waals surface area contributed by atoms with Gasteiger partial charge in [-0.2, -0.15) is 0 Å². The van der Waals surface area contributed by atoms with E-state index in [0.29, 0.717) is 22.6 Å². The Kier molecular flexibility index (Phi) is 4.35. The largest absolute Gasteiger partial charge is 0.349 e. The van der Waals surface area contributed by atoms with E-state index in [1.165, 1.54) is 6.26 Å². The Balaban J connectivity index is 1.81. The molecule has 2 aromatic heterocycles. The molecule has 0 spiro atoms. The standard InChI is InChI=1S/C17H24N4O3S/c1-10(17(2,3)9-25(4,23)24)20-16(22)12-7-18-15-14(12)21-13(8-19-15)11-5-6-11/h7-8,10-11H,5-6,9H2,1-4H3,(H,18,19)(H,20,22)/t10-/m0/s1. The zero-order valence-electron chi connectivity index (χ0n) is 15.0. The van der Waals surface area contributed by atoms with Crippen molar-refractivity contribution in [3.63, 3.8) is 0 Å². The number of amides is 1. The molecule has 7 nitrogen and oxygen atoms in total. The number of hydrogen-bond donors (Lipinski definition) is 2. The number of nitrogens with one attached hydrogen (secondary N) is 2. The Morgan fingerprint density at radius 3 is 2.72 bits per heavy atom. The Bertz CT molecular complexity index is 913. The molecule has 3 rings (SSSR count). The van der Waals surface area contributed by atoms with Crippen LogP contribution < -0.4 is 5.32 Å². The van der Waals surface area contributed by atoms with Gasteiger partial charge in [0.2, 0.25) is 0 Å². The predicted molar refractivity (Wildman–Crippen MR) is 96.3 cm³/mol. The first-order valence-electron chi connectivity index (χ1n) is 8.39. The number of rotatable bonds is 6. The van der Waals surface area contributed by atoms with Gasteiger partial charge in [-0.25, -0.2) is 18.4 Å². The molecule has 136 valence electrons. The topological polar surface area (TPSA) is 105 Å². The van der Waals surface area contributed by atoms with Crippen LogP contribution in [0.2, 0.25) is 0 Å². The first kappa shape index (κ1) is 17.8. The summed E-state index contributed by atoms with van der Waals surface area (Å²) in [7, 11) is -3.14. The lowest BCUT2D eigenvalue weighted by molar-refractivity contribution is 0.0912. The van der Waals surface area contributed by atoms with E-state index < -0.39 is 15.3 Å². The molecule has 25 heavy (non-hydrogen) atoms. The average Bonchev–Trinajstić information content (AvgIpc) is 3.23. The Morgan fingerprint density at radius 1 is 1.44 bits per heavy atom. The molecule has 1 aliphatic rings. The first-order valence-corrected chi connectivity index (χ1v) is 10.5. The second kappa shape index (κ2) is 6.09. The zero-order valence-corrected chi connectivity index (χ0v) is 15.8. The smallest absolute Gasteiger partial charge is 0.255 e. The minimum atomic E-state index is -3.14. The van der Waals surface area contributed by atoms with E-state index >= 15 is 0 Å². The van der Waals surface area contributed by atoms with E-state index in [-0.39, 0.29) is 17.7 Å². The average molecular weight is 364 g/mol. The summed E-state index contributed by atoms with van der Waals surface area (Å²) in [5.74, 6) is 0.180. The number of H-pyrrole nitrogens is 1. The molecule has 1 amide bonds. The summed E-state index contributed by atoms with van der Waals surface area (Å²) >= 11 is 0. The maximum absolute atomic E-state index is 12.7. The van der Waals surface area contributed by atoms with Crippen LogP contribution in [0.5, 0.6) is 0 Å². The number of aromatic nitrogens is 3. The quantitative estimate of drug-likeness (QED) is 0.816. The maximum Gasteiger partial charge on any atom is 0.255 e. The predicted octanol–water partition coefficient (Wildman–Crippen LogP) is 2.02. The fourth-order valence-corrected chi connectivity index (χ4v) is 4.53. The van der Waals surface area contributed by atoms with Gasteiger partial charge in [0.25, 0.3) is 5.91 Å². The molecule has 0 aliphatic heterocycles. The third-order valence-electron chi connectivity index (χ3n) is 4.79. The summed E-state index contributed by atoms with van der Waals surface area (Å²) in [5, 5.41) is 2.91. The van der Waals surface area contributed by atoms with E-state index in [0.717, 1.165) is 18.5 Å². The van der Waals surface area contributed by atoms with Crippen molar-refractivity contribution in [2.24, 2.45) is 5.41 Å². The van der Waals surface area contributed by atoms with Crippen molar-refractivity contribution < 1.29 is 13.2 Å². The van der Waals surface area contributed by atoms with Crippen LogP contribution in [0.3, 0.4) is 0 Å². The molecule has 2 heterocycles. The highest BCUT2D eigenvalue weighted by Gasteiger charge is 2.32. The van der Waals surface area contributed by atoms with Gasteiger partial charge in [-0.1, -0.05) is 13.8 Å². The zero-order chi connectivity index (χ0) is 18.4. The molecule has 1 atom stereocenters. The SMILES string of the molecule is C[C@H](NC(=O)c1c[nH]c2ncc(C3CC3)nc12)C(C)(C)CS(C)(=O)=O. The second-order valence-corrected chi connectivity index (χ2v) is 9.86. The van der Waals surface area contributed by atoms with Crippen molar-refractivity contribution in [1.82, 2.24) is 20.3 Å². The van der Waals surface area contributed by atoms with Crippen molar-refractivity contribution in [3.05, 3.63) is 23.7 Å². The van der Waals surface area contributed by atoms with Crippen LogP contribution in [0.25, 0.3) is 11.2 Å². The molecule has 0 bridgehead atoms. The van der Waals surface area contributed by atoms with E-state index in [2.05, 4.69) is 20.3 Å². The molecule has 2 N–H and O–H groups in total. The molecule has 0 saturated heterocycles. The van der Waals surface area contributed by atoms with Crippen molar-refractivity contribution in [3.8, 4) is 0 Å². The first-order chi connectivity index (χ1) is 11.6.